The second-order valence-corrected chi connectivity index (χ2v) is 10.9. The zero-order valence-corrected chi connectivity index (χ0v) is 23.7. The van der Waals surface area contributed by atoms with Gasteiger partial charge < -0.3 is 9.84 Å². The van der Waals surface area contributed by atoms with Crippen LogP contribution in [0.1, 0.15) is 47.4 Å². The van der Waals surface area contributed by atoms with E-state index >= 15 is 0 Å². The van der Waals surface area contributed by atoms with Gasteiger partial charge in [0.2, 0.25) is 0 Å². The maximum absolute atomic E-state index is 13.6. The first kappa shape index (κ1) is 31.0. The number of aliphatic carboxylic acids is 1. The summed E-state index contributed by atoms with van der Waals surface area (Å²) in [7, 11) is 0. The van der Waals surface area contributed by atoms with Crippen molar-refractivity contribution in [1.29, 1.82) is 0 Å². The highest BCUT2D eigenvalue weighted by atomic mass is 35.5. The number of likely N-dealkylation sites (tertiary alicyclic amines) is 1. The number of rotatable bonds is 13. The smallest absolute Gasteiger partial charge is 0.417 e. The van der Waals surface area contributed by atoms with Crippen molar-refractivity contribution in [2.45, 2.75) is 44.0 Å². The van der Waals surface area contributed by atoms with Gasteiger partial charge in [-0.1, -0.05) is 84.4 Å². The predicted octanol–water partition coefficient (Wildman–Crippen LogP) is 6.95. The average molecular weight is 589 g/mol. The molecule has 1 heterocycles. The van der Waals surface area contributed by atoms with Crippen LogP contribution in [0.4, 0.5) is 13.2 Å². The Morgan fingerprint density at radius 2 is 1.68 bits per heavy atom. The first-order valence-electron chi connectivity index (χ1n) is 13.9. The van der Waals surface area contributed by atoms with Crippen molar-refractivity contribution in [2.75, 3.05) is 39.3 Å². The zero-order chi connectivity index (χ0) is 29.2. The van der Waals surface area contributed by atoms with E-state index in [9.17, 15) is 18.0 Å². The molecule has 0 spiro atoms. The first-order chi connectivity index (χ1) is 19.7. The zero-order valence-electron chi connectivity index (χ0n) is 22.9. The molecule has 1 aliphatic rings. The van der Waals surface area contributed by atoms with Crippen LogP contribution in [0.5, 0.6) is 0 Å². The number of alkyl halides is 3. The van der Waals surface area contributed by atoms with E-state index in [0.717, 1.165) is 36.6 Å². The van der Waals surface area contributed by atoms with Crippen LogP contribution in [0.15, 0.2) is 78.9 Å². The van der Waals surface area contributed by atoms with Crippen molar-refractivity contribution in [2.24, 2.45) is 0 Å². The van der Waals surface area contributed by atoms with Gasteiger partial charge in [0, 0.05) is 38.7 Å². The minimum absolute atomic E-state index is 0.00538. The van der Waals surface area contributed by atoms with Crippen molar-refractivity contribution in [3.63, 3.8) is 0 Å². The summed E-state index contributed by atoms with van der Waals surface area (Å²) in [5, 5.41) is 8.84. The van der Waals surface area contributed by atoms with E-state index in [1.807, 2.05) is 41.3 Å². The van der Waals surface area contributed by atoms with Crippen molar-refractivity contribution >= 4 is 17.6 Å². The molecule has 0 saturated carbocycles. The van der Waals surface area contributed by atoms with E-state index in [1.165, 1.54) is 6.07 Å². The molecule has 1 fully saturated rings. The highest BCUT2D eigenvalue weighted by Gasteiger charge is 2.34. The number of carboxylic acid groups (broad SMARTS) is 1. The standard InChI is InChI=1S/C32H36ClF3N2O3/c33-31-26(14-7-16-29(31)32(34,35)36)20-37(18-9-19-41-27-15-8-17-38(21-27)23-30(39)40)22-28(24-10-3-1-4-11-24)25-12-5-2-6-13-25/h1-7,10-14,16,27-28H,8-9,15,17-23H2,(H,39,40). The molecular formula is C32H36ClF3N2O3. The lowest BCUT2D eigenvalue weighted by Gasteiger charge is -2.32. The van der Waals surface area contributed by atoms with Crippen molar-refractivity contribution < 1.29 is 27.8 Å². The first-order valence-corrected chi connectivity index (χ1v) is 14.3. The molecule has 4 rings (SSSR count). The van der Waals surface area contributed by atoms with Crippen molar-refractivity contribution in [1.82, 2.24) is 9.80 Å². The molecule has 3 aromatic rings. The van der Waals surface area contributed by atoms with E-state index in [-0.39, 0.29) is 30.1 Å². The SMILES string of the molecule is O=C(O)CN1CCCC(OCCCN(Cc2cccc(C(F)(F)F)c2Cl)CC(c2ccccc2)c2ccccc2)C1. The number of hydrogen-bond donors (Lipinski definition) is 1. The molecule has 1 N–H and O–H groups in total. The molecule has 3 aromatic carbocycles. The highest BCUT2D eigenvalue weighted by Crippen LogP contribution is 2.37. The Bertz CT molecular complexity index is 1200. The van der Waals surface area contributed by atoms with Crippen LogP contribution in [0.3, 0.4) is 0 Å². The summed E-state index contributed by atoms with van der Waals surface area (Å²) in [6, 6.07) is 24.3. The Hall–Kier alpha value is -2.91. The largest absolute Gasteiger partial charge is 0.480 e. The van der Waals surface area contributed by atoms with Gasteiger partial charge in [0.25, 0.3) is 0 Å². The summed E-state index contributed by atoms with van der Waals surface area (Å²) in [4.78, 5) is 15.1. The molecule has 0 aliphatic carbocycles. The van der Waals surface area contributed by atoms with E-state index in [2.05, 4.69) is 29.2 Å². The molecule has 9 heteroatoms. The normalized spacial score (nSPS) is 16.4. The maximum Gasteiger partial charge on any atom is 0.417 e. The minimum Gasteiger partial charge on any atom is -0.480 e. The number of hydrogen-bond acceptors (Lipinski definition) is 4. The van der Waals surface area contributed by atoms with Crippen molar-refractivity contribution in [3.8, 4) is 0 Å². The van der Waals surface area contributed by atoms with Crippen molar-refractivity contribution in [3.05, 3.63) is 106 Å². The lowest BCUT2D eigenvalue weighted by atomic mass is 9.90. The van der Waals surface area contributed by atoms with Gasteiger partial charge in [-0.15, -0.1) is 0 Å². The fraction of sp³-hybridized carbons (Fsp3) is 0.406. The second kappa shape index (κ2) is 14.8. The summed E-state index contributed by atoms with van der Waals surface area (Å²) >= 11 is 6.30. The third-order valence-corrected chi connectivity index (χ3v) is 7.86. The fourth-order valence-corrected chi connectivity index (χ4v) is 5.74. The van der Waals surface area contributed by atoms with Gasteiger partial charge >= 0.3 is 12.1 Å². The van der Waals surface area contributed by atoms with Gasteiger partial charge in [0.05, 0.1) is 23.2 Å². The Kier molecular flexibility index (Phi) is 11.2. The van der Waals surface area contributed by atoms with Crippen LogP contribution in [0, 0.1) is 0 Å². The summed E-state index contributed by atoms with van der Waals surface area (Å²) in [5.41, 5.74) is 1.84. The lowest BCUT2D eigenvalue weighted by Crippen LogP contribution is -2.42. The van der Waals surface area contributed by atoms with Gasteiger partial charge in [-0.2, -0.15) is 13.2 Å². The van der Waals surface area contributed by atoms with Crippen LogP contribution < -0.4 is 0 Å². The van der Waals surface area contributed by atoms with Gasteiger partial charge in [0.1, 0.15) is 0 Å². The van der Waals surface area contributed by atoms with Gasteiger partial charge in [0.15, 0.2) is 0 Å². The fourth-order valence-electron chi connectivity index (χ4n) is 5.45. The Morgan fingerprint density at radius 3 is 2.29 bits per heavy atom. The monoisotopic (exact) mass is 588 g/mol. The number of nitrogens with zero attached hydrogens (tertiary/aromatic N) is 2. The molecule has 1 unspecified atom stereocenters. The average Bonchev–Trinajstić information content (AvgIpc) is 2.95. The Morgan fingerprint density at radius 1 is 1.02 bits per heavy atom. The number of halogens is 4. The molecule has 0 amide bonds. The molecule has 1 saturated heterocycles. The number of benzene rings is 3. The molecule has 1 aliphatic heterocycles. The van der Waals surface area contributed by atoms with Crippen LogP contribution >= 0.6 is 11.6 Å². The topological polar surface area (TPSA) is 53.0 Å². The third-order valence-electron chi connectivity index (χ3n) is 7.42. The minimum atomic E-state index is -4.53. The van der Waals surface area contributed by atoms with Crippen LogP contribution in [-0.2, 0) is 22.3 Å². The Balaban J connectivity index is 1.49. The number of ether oxygens (including phenoxy) is 1. The number of carbonyl (C=O) groups is 1. The van der Waals surface area contributed by atoms with E-state index < -0.39 is 17.7 Å². The summed E-state index contributed by atoms with van der Waals surface area (Å²) in [6.45, 7) is 3.24. The maximum atomic E-state index is 13.6. The van der Waals surface area contributed by atoms with Gasteiger partial charge in [-0.3, -0.25) is 14.6 Å². The highest BCUT2D eigenvalue weighted by molar-refractivity contribution is 6.32. The summed E-state index contributed by atoms with van der Waals surface area (Å²) < 4.78 is 46.9. The molecule has 220 valence electrons. The molecule has 5 nitrogen and oxygen atoms in total. The predicted molar refractivity (Wildman–Crippen MR) is 154 cm³/mol. The molecule has 41 heavy (non-hydrogen) atoms. The Labute approximate surface area is 244 Å². The summed E-state index contributed by atoms with van der Waals surface area (Å²) in [5.74, 6) is -0.841. The van der Waals surface area contributed by atoms with Crippen LogP contribution in [-0.4, -0.2) is 66.3 Å². The van der Waals surface area contributed by atoms with E-state index in [1.54, 1.807) is 6.07 Å². The molecule has 0 aromatic heterocycles. The molecule has 0 radical (unpaired) electrons. The van der Waals surface area contributed by atoms with Crippen LogP contribution in [0.25, 0.3) is 0 Å². The van der Waals surface area contributed by atoms with E-state index in [4.69, 9.17) is 21.4 Å². The molecule has 1 atom stereocenters. The number of piperidine rings is 1. The van der Waals surface area contributed by atoms with Crippen LogP contribution in [0.2, 0.25) is 5.02 Å². The molecule has 0 bridgehead atoms. The number of carboxylic acids is 1. The van der Waals surface area contributed by atoms with Gasteiger partial charge in [-0.05, 0) is 48.6 Å². The van der Waals surface area contributed by atoms with E-state index in [0.29, 0.717) is 38.2 Å². The quantitative estimate of drug-likeness (QED) is 0.219. The third kappa shape index (κ3) is 9.30. The van der Waals surface area contributed by atoms with Gasteiger partial charge in [-0.25, -0.2) is 0 Å². The second-order valence-electron chi connectivity index (χ2n) is 10.5. The molecular weight excluding hydrogens is 553 g/mol. The lowest BCUT2D eigenvalue weighted by molar-refractivity contribution is -0.139. The summed E-state index contributed by atoms with van der Waals surface area (Å²) in [6.07, 6.45) is -2.13.